The van der Waals surface area contributed by atoms with Crippen LogP contribution in [0.5, 0.6) is 0 Å². The lowest BCUT2D eigenvalue weighted by Gasteiger charge is -2.10. The van der Waals surface area contributed by atoms with Gasteiger partial charge in [-0.05, 0) is 23.8 Å². The van der Waals surface area contributed by atoms with Crippen LogP contribution in [0.3, 0.4) is 0 Å². The van der Waals surface area contributed by atoms with Crippen LogP contribution >= 0.6 is 11.6 Å². The molecule has 0 unspecified atom stereocenters. The molecule has 0 aliphatic carbocycles. The van der Waals surface area contributed by atoms with E-state index in [1.807, 2.05) is 5.32 Å². The predicted octanol–water partition coefficient (Wildman–Crippen LogP) is 0.827. The Bertz CT molecular complexity index is 660. The van der Waals surface area contributed by atoms with Crippen molar-refractivity contribution in [2.24, 2.45) is 11.5 Å². The van der Waals surface area contributed by atoms with Crippen molar-refractivity contribution in [1.29, 1.82) is 0 Å². The SMILES string of the molecule is NC(=O)C(NC(=O)/C=C/c1ccc(Cl)c(C(F)(F)F)c1)C(N)=O. The zero-order chi connectivity index (χ0) is 17.8. The van der Waals surface area contributed by atoms with Crippen molar-refractivity contribution in [3.05, 3.63) is 40.4 Å². The predicted molar refractivity (Wildman–Crippen MR) is 75.8 cm³/mol. The smallest absolute Gasteiger partial charge is 0.367 e. The van der Waals surface area contributed by atoms with Crippen molar-refractivity contribution in [3.63, 3.8) is 0 Å². The Balaban J connectivity index is 2.91. The van der Waals surface area contributed by atoms with Crippen molar-refractivity contribution < 1.29 is 27.6 Å². The zero-order valence-corrected chi connectivity index (χ0v) is 12.1. The lowest BCUT2D eigenvalue weighted by molar-refractivity contribution is -0.137. The first-order valence-corrected chi connectivity index (χ1v) is 6.34. The summed E-state index contributed by atoms with van der Waals surface area (Å²) in [4.78, 5) is 33.3. The Morgan fingerprint density at radius 2 is 1.74 bits per heavy atom. The van der Waals surface area contributed by atoms with E-state index in [0.717, 1.165) is 24.3 Å². The van der Waals surface area contributed by atoms with Crippen LogP contribution in [0.2, 0.25) is 5.02 Å². The fourth-order valence-corrected chi connectivity index (χ4v) is 1.73. The molecule has 0 aliphatic heterocycles. The minimum absolute atomic E-state index is 0.0339. The summed E-state index contributed by atoms with van der Waals surface area (Å²) < 4.78 is 38.1. The summed E-state index contributed by atoms with van der Waals surface area (Å²) in [6, 6.07) is 1.30. The highest BCUT2D eigenvalue weighted by Gasteiger charge is 2.33. The van der Waals surface area contributed by atoms with Gasteiger partial charge < -0.3 is 16.8 Å². The van der Waals surface area contributed by atoms with Gasteiger partial charge in [-0.1, -0.05) is 17.7 Å². The lowest BCUT2D eigenvalue weighted by atomic mass is 10.1. The van der Waals surface area contributed by atoms with Gasteiger partial charge in [-0.2, -0.15) is 13.2 Å². The van der Waals surface area contributed by atoms with E-state index < -0.39 is 40.5 Å². The molecule has 5 N–H and O–H groups in total. The first kappa shape index (κ1) is 18.5. The van der Waals surface area contributed by atoms with Crippen LogP contribution in [-0.2, 0) is 20.6 Å². The topological polar surface area (TPSA) is 115 Å². The molecule has 6 nitrogen and oxygen atoms in total. The largest absolute Gasteiger partial charge is 0.417 e. The molecule has 0 aromatic heterocycles. The minimum Gasteiger partial charge on any atom is -0.367 e. The fraction of sp³-hybridized carbons (Fsp3) is 0.154. The second-order valence-electron chi connectivity index (χ2n) is 4.32. The average molecular weight is 350 g/mol. The highest BCUT2D eigenvalue weighted by atomic mass is 35.5. The molecule has 1 rings (SSSR count). The van der Waals surface area contributed by atoms with Crippen LogP contribution in [-0.4, -0.2) is 23.8 Å². The molecule has 0 fully saturated rings. The number of alkyl halides is 3. The van der Waals surface area contributed by atoms with Gasteiger partial charge in [0, 0.05) is 6.08 Å². The number of rotatable bonds is 5. The van der Waals surface area contributed by atoms with Gasteiger partial charge in [0.1, 0.15) is 0 Å². The Labute approximate surface area is 133 Å². The molecule has 124 valence electrons. The summed E-state index contributed by atoms with van der Waals surface area (Å²) in [5.41, 5.74) is 8.69. The molecule has 0 bridgehead atoms. The van der Waals surface area contributed by atoms with Gasteiger partial charge in [0.2, 0.25) is 17.7 Å². The van der Waals surface area contributed by atoms with Gasteiger partial charge >= 0.3 is 6.18 Å². The Morgan fingerprint density at radius 1 is 1.17 bits per heavy atom. The van der Waals surface area contributed by atoms with Crippen molar-refractivity contribution in [2.75, 3.05) is 0 Å². The van der Waals surface area contributed by atoms with Crippen molar-refractivity contribution in [3.8, 4) is 0 Å². The van der Waals surface area contributed by atoms with Crippen LogP contribution in [0.1, 0.15) is 11.1 Å². The normalized spacial score (nSPS) is 11.7. The number of nitrogens with two attached hydrogens (primary N) is 2. The van der Waals surface area contributed by atoms with E-state index in [-0.39, 0.29) is 5.56 Å². The highest BCUT2D eigenvalue weighted by molar-refractivity contribution is 6.31. The molecule has 23 heavy (non-hydrogen) atoms. The number of nitrogens with one attached hydrogen (secondary N) is 1. The lowest BCUT2D eigenvalue weighted by Crippen LogP contribution is -2.52. The number of primary amides is 2. The third kappa shape index (κ3) is 5.29. The minimum atomic E-state index is -4.65. The molecule has 0 heterocycles. The van der Waals surface area contributed by atoms with Crippen molar-refractivity contribution >= 4 is 35.4 Å². The summed E-state index contributed by atoms with van der Waals surface area (Å²) in [6.45, 7) is 0. The molecular formula is C13H11ClF3N3O3. The van der Waals surface area contributed by atoms with E-state index >= 15 is 0 Å². The molecule has 3 amide bonds. The number of halogens is 4. The van der Waals surface area contributed by atoms with E-state index in [0.29, 0.717) is 0 Å². The number of benzene rings is 1. The van der Waals surface area contributed by atoms with Crippen molar-refractivity contribution in [1.82, 2.24) is 5.32 Å². The van der Waals surface area contributed by atoms with E-state index in [1.165, 1.54) is 6.07 Å². The summed E-state index contributed by atoms with van der Waals surface area (Å²) in [7, 11) is 0. The van der Waals surface area contributed by atoms with Crippen LogP contribution in [0.25, 0.3) is 6.08 Å². The Hall–Kier alpha value is -2.55. The van der Waals surface area contributed by atoms with Gasteiger partial charge in [-0.15, -0.1) is 0 Å². The maximum Gasteiger partial charge on any atom is 0.417 e. The molecule has 0 saturated carbocycles. The Kier molecular flexibility index (Phi) is 5.74. The standard InChI is InChI=1S/C13H11ClF3N3O3/c14-8-3-1-6(5-7(8)13(15,16)17)2-4-9(21)20-10(11(18)22)12(19)23/h1-5,10H,(H2,18,22)(H2,19,23)(H,20,21)/b4-2+. The summed E-state index contributed by atoms with van der Waals surface area (Å²) >= 11 is 5.46. The average Bonchev–Trinajstić information content (AvgIpc) is 2.41. The molecule has 0 saturated heterocycles. The second-order valence-corrected chi connectivity index (χ2v) is 4.72. The van der Waals surface area contributed by atoms with Crippen LogP contribution < -0.4 is 16.8 Å². The summed E-state index contributed by atoms with van der Waals surface area (Å²) in [6.07, 6.45) is -2.78. The van der Waals surface area contributed by atoms with Crippen LogP contribution in [0.15, 0.2) is 24.3 Å². The van der Waals surface area contributed by atoms with Crippen molar-refractivity contribution in [2.45, 2.75) is 12.2 Å². The Morgan fingerprint density at radius 3 is 2.22 bits per heavy atom. The number of amides is 3. The number of carbonyl (C=O) groups excluding carboxylic acids is 3. The third-order valence-electron chi connectivity index (χ3n) is 2.58. The monoisotopic (exact) mass is 349 g/mol. The first-order chi connectivity index (χ1) is 10.5. The number of carbonyl (C=O) groups is 3. The van der Waals surface area contributed by atoms with Crippen LogP contribution in [0, 0.1) is 0 Å². The van der Waals surface area contributed by atoms with E-state index in [9.17, 15) is 27.6 Å². The van der Waals surface area contributed by atoms with Gasteiger partial charge in [-0.3, -0.25) is 14.4 Å². The van der Waals surface area contributed by atoms with Gasteiger partial charge in [0.15, 0.2) is 6.04 Å². The quantitative estimate of drug-likeness (QED) is 0.540. The van der Waals surface area contributed by atoms with Gasteiger partial charge in [0.05, 0.1) is 10.6 Å². The fourth-order valence-electron chi connectivity index (χ4n) is 1.51. The molecule has 1 aromatic carbocycles. The second kappa shape index (κ2) is 7.14. The first-order valence-electron chi connectivity index (χ1n) is 5.96. The highest BCUT2D eigenvalue weighted by Crippen LogP contribution is 2.35. The molecule has 0 aliphatic rings. The van der Waals surface area contributed by atoms with Gasteiger partial charge in [-0.25, -0.2) is 0 Å². The van der Waals surface area contributed by atoms with Crippen LogP contribution in [0.4, 0.5) is 13.2 Å². The molecule has 10 heteroatoms. The van der Waals surface area contributed by atoms with E-state index in [1.54, 1.807) is 0 Å². The maximum atomic E-state index is 12.7. The van der Waals surface area contributed by atoms with Gasteiger partial charge in [0.25, 0.3) is 0 Å². The molecule has 0 atom stereocenters. The van der Waals surface area contributed by atoms with E-state index in [4.69, 9.17) is 23.1 Å². The zero-order valence-electron chi connectivity index (χ0n) is 11.4. The maximum absolute atomic E-state index is 12.7. The third-order valence-corrected chi connectivity index (χ3v) is 2.91. The number of hydrogen-bond acceptors (Lipinski definition) is 3. The molecule has 0 spiro atoms. The van der Waals surface area contributed by atoms with E-state index in [2.05, 4.69) is 0 Å². The number of hydrogen-bond donors (Lipinski definition) is 3. The molecule has 0 radical (unpaired) electrons. The summed E-state index contributed by atoms with van der Waals surface area (Å²) in [5, 5.41) is 1.43. The summed E-state index contributed by atoms with van der Waals surface area (Å²) in [5.74, 6) is -3.26. The molecule has 1 aromatic rings. The molecular weight excluding hydrogens is 339 g/mol.